The number of ether oxygens (including phenoxy) is 1. The Hall–Kier alpha value is -2.38. The Morgan fingerprint density at radius 2 is 1.96 bits per heavy atom. The minimum atomic E-state index is -1.05. The molecule has 2 aromatic rings. The van der Waals surface area contributed by atoms with Crippen LogP contribution < -0.4 is 5.32 Å². The Balaban J connectivity index is 1.61. The van der Waals surface area contributed by atoms with Gasteiger partial charge in [0.15, 0.2) is 11.9 Å². The number of carboxylic acids is 1. The van der Waals surface area contributed by atoms with Gasteiger partial charge in [0.1, 0.15) is 6.10 Å². The number of aliphatic carboxylic acids is 1. The van der Waals surface area contributed by atoms with Crippen LogP contribution in [-0.2, 0) is 20.9 Å². The minimum absolute atomic E-state index is 0.102. The van der Waals surface area contributed by atoms with Gasteiger partial charge in [-0.2, -0.15) is 0 Å². The van der Waals surface area contributed by atoms with Gasteiger partial charge in [0.2, 0.25) is 11.8 Å². The van der Waals surface area contributed by atoms with Crippen molar-refractivity contribution in [2.45, 2.75) is 38.5 Å². The summed E-state index contributed by atoms with van der Waals surface area (Å²) >= 11 is 5.88. The molecule has 7 nitrogen and oxygen atoms in total. The number of benzene rings is 1. The van der Waals surface area contributed by atoms with Crippen LogP contribution in [0.3, 0.4) is 0 Å². The highest BCUT2D eigenvalue weighted by Crippen LogP contribution is 2.26. The Morgan fingerprint density at radius 1 is 1.28 bits per heavy atom. The quantitative estimate of drug-likeness (QED) is 0.845. The van der Waals surface area contributed by atoms with E-state index < -0.39 is 18.2 Å². The van der Waals surface area contributed by atoms with E-state index in [0.29, 0.717) is 35.2 Å². The molecular weight excluding hydrogens is 348 g/mol. The van der Waals surface area contributed by atoms with Gasteiger partial charge in [-0.25, -0.2) is 9.78 Å². The maximum atomic E-state index is 12.1. The Kier molecular flexibility index (Phi) is 5.06. The lowest BCUT2D eigenvalue weighted by Crippen LogP contribution is -2.35. The molecule has 2 N–H and O–H groups in total. The minimum Gasteiger partial charge on any atom is -0.479 e. The third kappa shape index (κ3) is 4.00. The molecule has 1 amide bonds. The van der Waals surface area contributed by atoms with Gasteiger partial charge in [0.05, 0.1) is 12.2 Å². The fourth-order valence-electron chi connectivity index (χ4n) is 2.69. The molecule has 0 saturated carbocycles. The van der Waals surface area contributed by atoms with Crippen molar-refractivity contribution in [3.8, 4) is 11.3 Å². The van der Waals surface area contributed by atoms with Gasteiger partial charge in [-0.3, -0.25) is 4.79 Å². The summed E-state index contributed by atoms with van der Waals surface area (Å²) in [5, 5.41) is 12.2. The highest BCUT2D eigenvalue weighted by atomic mass is 35.5. The van der Waals surface area contributed by atoms with Crippen molar-refractivity contribution >= 4 is 23.5 Å². The predicted octanol–water partition coefficient (Wildman–Crippen LogP) is 2.55. The van der Waals surface area contributed by atoms with Crippen LogP contribution in [0.2, 0.25) is 5.02 Å². The van der Waals surface area contributed by atoms with Crippen molar-refractivity contribution < 1.29 is 23.8 Å². The maximum Gasteiger partial charge on any atom is 0.332 e. The number of carbonyl (C=O) groups excluding carboxylic acids is 1. The molecule has 0 spiro atoms. The van der Waals surface area contributed by atoms with Crippen LogP contribution in [-0.4, -0.2) is 34.2 Å². The van der Waals surface area contributed by atoms with Crippen LogP contribution in [0.25, 0.3) is 11.3 Å². The highest BCUT2D eigenvalue weighted by Gasteiger charge is 2.34. The largest absolute Gasteiger partial charge is 0.479 e. The molecule has 1 aliphatic rings. The molecule has 8 heteroatoms. The van der Waals surface area contributed by atoms with Crippen LogP contribution >= 0.6 is 11.6 Å². The molecule has 2 atom stereocenters. The summed E-state index contributed by atoms with van der Waals surface area (Å²) in [6, 6.07) is 7.18. The molecule has 0 unspecified atom stereocenters. The number of nitrogens with one attached hydrogen (secondary N) is 1. The van der Waals surface area contributed by atoms with Crippen LogP contribution in [0.5, 0.6) is 0 Å². The number of aromatic nitrogens is 1. The maximum absolute atomic E-state index is 12.1. The number of aryl methyl sites for hydroxylation is 1. The van der Waals surface area contributed by atoms with E-state index in [0.717, 1.165) is 5.56 Å². The molecule has 1 aromatic carbocycles. The molecule has 1 saturated heterocycles. The van der Waals surface area contributed by atoms with E-state index in [1.807, 2.05) is 19.1 Å². The summed E-state index contributed by atoms with van der Waals surface area (Å²) in [5.74, 6) is -0.438. The summed E-state index contributed by atoms with van der Waals surface area (Å²) in [5.41, 5.74) is 1.55. The highest BCUT2D eigenvalue weighted by molar-refractivity contribution is 6.30. The summed E-state index contributed by atoms with van der Waals surface area (Å²) in [7, 11) is 0. The van der Waals surface area contributed by atoms with Crippen molar-refractivity contribution in [2.24, 2.45) is 0 Å². The van der Waals surface area contributed by atoms with E-state index in [9.17, 15) is 9.59 Å². The predicted molar refractivity (Wildman–Crippen MR) is 89.1 cm³/mol. The average Bonchev–Trinajstić information content (AvgIpc) is 3.20. The van der Waals surface area contributed by atoms with Crippen molar-refractivity contribution in [3.05, 3.63) is 40.9 Å². The SMILES string of the molecule is Cc1nc(CNC(=O)[C@@H]2CC[C@H](C(=O)O)O2)oc1-c1ccc(Cl)cc1. The summed E-state index contributed by atoms with van der Waals surface area (Å²) < 4.78 is 10.9. The van der Waals surface area contributed by atoms with Gasteiger partial charge < -0.3 is 19.6 Å². The second-order valence-corrected chi connectivity index (χ2v) is 6.21. The van der Waals surface area contributed by atoms with E-state index in [2.05, 4.69) is 10.3 Å². The number of oxazole rings is 1. The fourth-order valence-corrected chi connectivity index (χ4v) is 2.81. The van der Waals surface area contributed by atoms with Gasteiger partial charge in [-0.05, 0) is 44.0 Å². The number of halogens is 1. The summed E-state index contributed by atoms with van der Waals surface area (Å²) in [4.78, 5) is 27.2. The molecule has 3 rings (SSSR count). The molecule has 0 radical (unpaired) electrons. The average molecular weight is 365 g/mol. The number of hydrogen-bond acceptors (Lipinski definition) is 5. The van der Waals surface area contributed by atoms with Crippen LogP contribution in [0.4, 0.5) is 0 Å². The normalized spacial score (nSPS) is 19.8. The monoisotopic (exact) mass is 364 g/mol. The number of nitrogens with zero attached hydrogens (tertiary/aromatic N) is 1. The van der Waals surface area contributed by atoms with Gasteiger partial charge >= 0.3 is 5.97 Å². The first-order valence-corrected chi connectivity index (χ1v) is 8.20. The first kappa shape index (κ1) is 17.4. The molecule has 25 heavy (non-hydrogen) atoms. The molecule has 132 valence electrons. The van der Waals surface area contributed by atoms with Gasteiger partial charge in [0, 0.05) is 10.6 Å². The lowest BCUT2D eigenvalue weighted by atomic mass is 10.1. The lowest BCUT2D eigenvalue weighted by molar-refractivity contribution is -0.151. The van der Waals surface area contributed by atoms with E-state index in [-0.39, 0.29) is 12.5 Å². The molecular formula is C17H17ClN2O5. The number of hydrogen-bond donors (Lipinski definition) is 2. The number of amides is 1. The van der Waals surface area contributed by atoms with E-state index in [4.69, 9.17) is 25.9 Å². The zero-order valence-electron chi connectivity index (χ0n) is 13.5. The molecule has 0 aliphatic carbocycles. The van der Waals surface area contributed by atoms with Crippen molar-refractivity contribution in [2.75, 3.05) is 0 Å². The second kappa shape index (κ2) is 7.25. The zero-order chi connectivity index (χ0) is 18.0. The molecule has 1 aromatic heterocycles. The third-order valence-corrected chi connectivity index (χ3v) is 4.20. The van der Waals surface area contributed by atoms with Crippen LogP contribution in [0, 0.1) is 6.92 Å². The number of carboxylic acid groups (broad SMARTS) is 1. The number of rotatable bonds is 5. The fraction of sp³-hybridized carbons (Fsp3) is 0.353. The van der Waals surface area contributed by atoms with Gasteiger partial charge in [-0.1, -0.05) is 11.6 Å². The lowest BCUT2D eigenvalue weighted by Gasteiger charge is -2.10. The van der Waals surface area contributed by atoms with E-state index >= 15 is 0 Å². The summed E-state index contributed by atoms with van der Waals surface area (Å²) in [6.07, 6.45) is -0.973. The van der Waals surface area contributed by atoms with Crippen molar-refractivity contribution in [3.63, 3.8) is 0 Å². The standard InChI is InChI=1S/C17H17ClN2O5/c1-9-15(10-2-4-11(18)5-3-10)25-14(20-9)8-19-16(21)12-6-7-13(24-12)17(22)23/h2-5,12-13H,6-8H2,1H3,(H,19,21)(H,22,23)/t12-,13+/m0/s1. The third-order valence-electron chi connectivity index (χ3n) is 3.95. The van der Waals surface area contributed by atoms with Crippen molar-refractivity contribution in [1.82, 2.24) is 10.3 Å². The summed E-state index contributed by atoms with van der Waals surface area (Å²) in [6.45, 7) is 1.92. The molecule has 1 fully saturated rings. The Morgan fingerprint density at radius 3 is 2.60 bits per heavy atom. The first-order chi connectivity index (χ1) is 11.9. The molecule has 2 heterocycles. The smallest absolute Gasteiger partial charge is 0.332 e. The topological polar surface area (TPSA) is 102 Å². The van der Waals surface area contributed by atoms with E-state index in [1.165, 1.54) is 0 Å². The van der Waals surface area contributed by atoms with Gasteiger partial charge in [0.25, 0.3) is 0 Å². The van der Waals surface area contributed by atoms with Crippen LogP contribution in [0.15, 0.2) is 28.7 Å². The second-order valence-electron chi connectivity index (χ2n) is 5.78. The molecule has 0 bridgehead atoms. The Bertz CT molecular complexity index is 787. The van der Waals surface area contributed by atoms with Gasteiger partial charge in [-0.15, -0.1) is 0 Å². The number of carbonyl (C=O) groups is 2. The Labute approximate surface area is 149 Å². The molecule has 1 aliphatic heterocycles. The van der Waals surface area contributed by atoms with E-state index in [1.54, 1.807) is 12.1 Å². The van der Waals surface area contributed by atoms with Crippen molar-refractivity contribution in [1.29, 1.82) is 0 Å². The zero-order valence-corrected chi connectivity index (χ0v) is 14.2. The first-order valence-electron chi connectivity index (χ1n) is 7.82. The van der Waals surface area contributed by atoms with Crippen LogP contribution in [0.1, 0.15) is 24.4 Å².